The predicted molar refractivity (Wildman–Crippen MR) is 73.3 cm³/mol. The largest absolute Gasteiger partial charge is 2.00 e. The third kappa shape index (κ3) is 3.88. The molecule has 2 rings (SSSR count). The molecule has 0 fully saturated rings. The van der Waals surface area contributed by atoms with Crippen molar-refractivity contribution >= 4 is 53.4 Å². The molecule has 0 unspecified atom stereocenters. The molecule has 0 amide bonds. The molecule has 6 heteroatoms. The number of hydrogen-bond acceptors (Lipinski definition) is 3. The van der Waals surface area contributed by atoms with Gasteiger partial charge in [-0.3, -0.25) is 4.72 Å². The van der Waals surface area contributed by atoms with Crippen molar-refractivity contribution in [3.63, 3.8) is 0 Å². The molecule has 0 atom stereocenters. The van der Waals surface area contributed by atoms with Crippen molar-refractivity contribution in [2.45, 2.75) is 4.90 Å². The number of hydrogen-bond donors (Lipinski definition) is 2. The average Bonchev–Trinajstić information content (AvgIpc) is 2.33. The third-order valence-corrected chi connectivity index (χ3v) is 3.57. The molecule has 0 aliphatic heterocycles. The molecule has 0 spiro atoms. The molecule has 0 heterocycles. The maximum atomic E-state index is 11.9. The molecule has 2 aromatic rings. The maximum absolute atomic E-state index is 11.9. The first-order valence-electron chi connectivity index (χ1n) is 4.95. The number of sulfonamides is 1. The van der Waals surface area contributed by atoms with E-state index in [4.69, 9.17) is 5.11 Å². The number of benzene rings is 2. The van der Waals surface area contributed by atoms with E-state index in [1.165, 1.54) is 36.4 Å². The molecule has 0 bridgehead atoms. The van der Waals surface area contributed by atoms with Crippen LogP contribution in [0.3, 0.4) is 0 Å². The van der Waals surface area contributed by atoms with Crippen LogP contribution in [0, 0.1) is 0 Å². The number of nitrogens with one attached hydrogen (secondary N) is 1. The maximum Gasteiger partial charge on any atom is 2.00 e. The summed E-state index contributed by atoms with van der Waals surface area (Å²) in [6.07, 6.45) is 0. The fraction of sp³-hybridized carbons (Fsp3) is 0. The van der Waals surface area contributed by atoms with Crippen molar-refractivity contribution in [2.75, 3.05) is 4.72 Å². The molecular weight excluding hydrogens is 278 g/mol. The van der Waals surface area contributed by atoms with Gasteiger partial charge in [-0.2, -0.15) is 0 Å². The van der Waals surface area contributed by atoms with Gasteiger partial charge in [0.1, 0.15) is 5.75 Å². The fourth-order valence-corrected chi connectivity index (χ4v) is 2.42. The molecule has 2 N–H and O–H groups in total. The predicted octanol–water partition coefficient (Wildman–Crippen LogP) is 2.04. The molecule has 0 aliphatic carbocycles. The van der Waals surface area contributed by atoms with Gasteiger partial charge in [-0.15, -0.1) is 0 Å². The Bertz CT molecular complexity index is 606. The van der Waals surface area contributed by atoms with Crippen LogP contribution in [0.5, 0.6) is 5.75 Å². The van der Waals surface area contributed by atoms with Crippen molar-refractivity contribution in [1.29, 1.82) is 0 Å². The number of phenols is 1. The fourth-order valence-electron chi connectivity index (χ4n) is 1.34. The Morgan fingerprint density at radius 2 is 1.50 bits per heavy atom. The van der Waals surface area contributed by atoms with Crippen molar-refractivity contribution in [3.8, 4) is 5.75 Å². The van der Waals surface area contributed by atoms with E-state index in [2.05, 4.69) is 4.72 Å². The summed E-state index contributed by atoms with van der Waals surface area (Å²) in [4.78, 5) is 0.202. The Balaban J connectivity index is 0. The summed E-state index contributed by atoms with van der Waals surface area (Å²) in [6, 6.07) is 13.9. The number of phenolic OH excluding ortho intramolecular Hbond substituents is 1. The zero-order valence-electron chi connectivity index (χ0n) is 11.6. The first-order valence-corrected chi connectivity index (χ1v) is 6.43. The van der Waals surface area contributed by atoms with Crippen LogP contribution in [-0.2, 0) is 10.0 Å². The average molecular weight is 291 g/mol. The van der Waals surface area contributed by atoms with E-state index < -0.39 is 10.0 Å². The summed E-state index contributed by atoms with van der Waals surface area (Å²) >= 11 is 0. The van der Waals surface area contributed by atoms with Gasteiger partial charge in [0.25, 0.3) is 10.0 Å². The molecular formula is C12H13CaNO3S. The van der Waals surface area contributed by atoms with Gasteiger partial charge in [0.2, 0.25) is 0 Å². The topological polar surface area (TPSA) is 66.4 Å². The van der Waals surface area contributed by atoms with Gasteiger partial charge in [0.05, 0.1) is 4.90 Å². The second kappa shape index (κ2) is 6.43. The monoisotopic (exact) mass is 291 g/mol. The van der Waals surface area contributed by atoms with Gasteiger partial charge >= 0.3 is 37.7 Å². The van der Waals surface area contributed by atoms with Crippen LogP contribution in [0.15, 0.2) is 59.5 Å². The Hall–Kier alpha value is -0.750. The van der Waals surface area contributed by atoms with Crippen LogP contribution in [-0.4, -0.2) is 51.3 Å². The Morgan fingerprint density at radius 3 is 2.06 bits per heavy atom. The standard InChI is InChI=1S/C12H11NO3S.Ca.2H/c14-11-8-6-10(7-9-11)13-17(15,16)12-4-2-1-3-5-12;;;/h1-9,13-14H;;;/q;+2;2*-1. The summed E-state index contributed by atoms with van der Waals surface area (Å²) in [7, 11) is -3.56. The van der Waals surface area contributed by atoms with Crippen LogP contribution in [0.1, 0.15) is 2.85 Å². The summed E-state index contributed by atoms with van der Waals surface area (Å²) < 4.78 is 26.2. The first-order chi connectivity index (χ1) is 8.08. The molecule has 0 aromatic heterocycles. The van der Waals surface area contributed by atoms with Gasteiger partial charge in [0, 0.05) is 5.69 Å². The van der Waals surface area contributed by atoms with Crippen molar-refractivity contribution in [1.82, 2.24) is 0 Å². The number of aromatic hydroxyl groups is 1. The summed E-state index contributed by atoms with van der Waals surface area (Å²) in [5.74, 6) is 0.0904. The van der Waals surface area contributed by atoms with Crippen LogP contribution < -0.4 is 4.72 Å². The molecule has 0 radical (unpaired) electrons. The molecule has 0 saturated carbocycles. The van der Waals surface area contributed by atoms with Crippen molar-refractivity contribution < 1.29 is 16.4 Å². The van der Waals surface area contributed by atoms with Crippen LogP contribution >= 0.6 is 0 Å². The van der Waals surface area contributed by atoms with Crippen molar-refractivity contribution in [2.24, 2.45) is 0 Å². The van der Waals surface area contributed by atoms with E-state index in [0.717, 1.165) is 0 Å². The van der Waals surface area contributed by atoms with Crippen molar-refractivity contribution in [3.05, 3.63) is 54.6 Å². The minimum absolute atomic E-state index is 0. The summed E-state index contributed by atoms with van der Waals surface area (Å²) in [6.45, 7) is 0. The zero-order chi connectivity index (χ0) is 12.3. The second-order valence-corrected chi connectivity index (χ2v) is 5.15. The Morgan fingerprint density at radius 1 is 0.944 bits per heavy atom. The molecule has 2 aromatic carbocycles. The molecule has 0 aliphatic rings. The molecule has 4 nitrogen and oxygen atoms in total. The normalized spacial score (nSPS) is 10.4. The van der Waals surface area contributed by atoms with Gasteiger partial charge in [0.15, 0.2) is 0 Å². The molecule has 18 heavy (non-hydrogen) atoms. The summed E-state index contributed by atoms with van der Waals surface area (Å²) in [5.41, 5.74) is 0.409. The second-order valence-electron chi connectivity index (χ2n) is 3.47. The molecule has 92 valence electrons. The van der Waals surface area contributed by atoms with Gasteiger partial charge in [-0.1, -0.05) is 18.2 Å². The van der Waals surface area contributed by atoms with Gasteiger partial charge < -0.3 is 7.96 Å². The Labute approximate surface area is 139 Å². The number of anilines is 1. The molecule has 0 saturated heterocycles. The van der Waals surface area contributed by atoms with Gasteiger partial charge in [-0.05, 0) is 36.4 Å². The van der Waals surface area contributed by atoms with E-state index >= 15 is 0 Å². The van der Waals surface area contributed by atoms with E-state index in [1.54, 1.807) is 18.2 Å². The van der Waals surface area contributed by atoms with Crippen LogP contribution in [0.25, 0.3) is 0 Å². The van der Waals surface area contributed by atoms with Crippen LogP contribution in [0.2, 0.25) is 0 Å². The quantitative estimate of drug-likeness (QED) is 0.672. The third-order valence-electron chi connectivity index (χ3n) is 2.17. The SMILES string of the molecule is O=S(=O)(Nc1ccc(O)cc1)c1ccccc1.[Ca+2].[H-].[H-]. The first kappa shape index (κ1) is 15.3. The van der Waals surface area contributed by atoms with E-state index in [9.17, 15) is 8.42 Å². The number of rotatable bonds is 3. The smallest absolute Gasteiger partial charge is 1.00 e. The Kier molecular flexibility index (Phi) is 5.47. The minimum atomic E-state index is -3.56. The van der Waals surface area contributed by atoms with E-state index in [1.807, 2.05) is 0 Å². The van der Waals surface area contributed by atoms with E-state index in [-0.39, 0.29) is 51.2 Å². The zero-order valence-corrected chi connectivity index (χ0v) is 12.6. The van der Waals surface area contributed by atoms with Gasteiger partial charge in [-0.25, -0.2) is 8.42 Å². The minimum Gasteiger partial charge on any atom is -1.00 e. The van der Waals surface area contributed by atoms with Crippen LogP contribution in [0.4, 0.5) is 5.69 Å². The van der Waals surface area contributed by atoms with E-state index in [0.29, 0.717) is 5.69 Å². The summed E-state index contributed by atoms with van der Waals surface area (Å²) in [5, 5.41) is 9.09.